The van der Waals surface area contributed by atoms with Crippen molar-refractivity contribution in [1.82, 2.24) is 14.8 Å². The van der Waals surface area contributed by atoms with Crippen LogP contribution in [-0.4, -0.2) is 20.7 Å². The lowest BCUT2D eigenvalue weighted by atomic mass is 10.0. The minimum atomic E-state index is 0.126. The first-order valence-corrected chi connectivity index (χ1v) is 8.44. The number of anilines is 1. The highest BCUT2D eigenvalue weighted by Crippen LogP contribution is 2.29. The van der Waals surface area contributed by atoms with E-state index in [-0.39, 0.29) is 5.91 Å². The van der Waals surface area contributed by atoms with E-state index in [9.17, 15) is 4.79 Å². The van der Waals surface area contributed by atoms with Gasteiger partial charge in [-0.05, 0) is 54.8 Å². The van der Waals surface area contributed by atoms with Crippen molar-refractivity contribution in [1.29, 1.82) is 0 Å². The normalized spacial score (nSPS) is 15.1. The predicted molar refractivity (Wildman–Crippen MR) is 86.8 cm³/mol. The molecule has 0 radical (unpaired) electrons. The zero-order valence-electron chi connectivity index (χ0n) is 12.7. The summed E-state index contributed by atoms with van der Waals surface area (Å²) in [7, 11) is 1.92. The highest BCUT2D eigenvalue weighted by Gasteiger charge is 2.18. The number of amides is 1. The van der Waals surface area contributed by atoms with E-state index in [2.05, 4.69) is 15.5 Å². The smallest absolute Gasteiger partial charge is 0.224 e. The molecule has 0 spiro atoms. The van der Waals surface area contributed by atoms with Gasteiger partial charge in [-0.3, -0.25) is 4.79 Å². The summed E-state index contributed by atoms with van der Waals surface area (Å²) in [5, 5.41) is 11.7. The first-order valence-electron chi connectivity index (χ1n) is 7.62. The molecule has 0 bridgehead atoms. The Kier molecular flexibility index (Phi) is 4.77. The number of benzene rings is 1. The zero-order chi connectivity index (χ0) is 15.4. The topological polar surface area (TPSA) is 59.8 Å². The van der Waals surface area contributed by atoms with Crippen LogP contribution in [-0.2, 0) is 11.8 Å². The number of aromatic nitrogens is 3. The van der Waals surface area contributed by atoms with Crippen LogP contribution in [0.25, 0.3) is 0 Å². The number of carbonyl (C=O) groups excluding carboxylic acids is 1. The Balaban J connectivity index is 1.54. The van der Waals surface area contributed by atoms with Gasteiger partial charge in [0, 0.05) is 24.1 Å². The van der Waals surface area contributed by atoms with Crippen LogP contribution in [0.2, 0.25) is 0 Å². The van der Waals surface area contributed by atoms with E-state index in [1.165, 1.54) is 25.7 Å². The van der Waals surface area contributed by atoms with Gasteiger partial charge in [0.05, 0.1) is 0 Å². The van der Waals surface area contributed by atoms with Crippen LogP contribution in [0.3, 0.4) is 0 Å². The van der Waals surface area contributed by atoms with E-state index >= 15 is 0 Å². The molecule has 1 aliphatic carbocycles. The average molecular weight is 316 g/mol. The quantitative estimate of drug-likeness (QED) is 0.917. The van der Waals surface area contributed by atoms with E-state index in [1.54, 1.807) is 18.1 Å². The van der Waals surface area contributed by atoms with Crippen LogP contribution < -0.4 is 5.32 Å². The summed E-state index contributed by atoms with van der Waals surface area (Å²) >= 11 is 1.55. The summed E-state index contributed by atoms with van der Waals surface area (Å²) in [6.45, 7) is 0. The van der Waals surface area contributed by atoms with Crippen LogP contribution >= 0.6 is 11.8 Å². The summed E-state index contributed by atoms with van der Waals surface area (Å²) in [5.41, 5.74) is 0.852. The zero-order valence-corrected chi connectivity index (χ0v) is 13.5. The fourth-order valence-electron chi connectivity index (χ4n) is 2.77. The van der Waals surface area contributed by atoms with Gasteiger partial charge in [-0.25, -0.2) is 0 Å². The second-order valence-electron chi connectivity index (χ2n) is 5.75. The molecule has 6 heteroatoms. The number of hydrogen-bond donors (Lipinski definition) is 1. The van der Waals surface area contributed by atoms with Crippen LogP contribution in [0.1, 0.15) is 32.1 Å². The van der Waals surface area contributed by atoms with Gasteiger partial charge in [0.25, 0.3) is 0 Å². The maximum Gasteiger partial charge on any atom is 0.224 e. The number of nitrogens with zero attached hydrogens (tertiary/aromatic N) is 3. The monoisotopic (exact) mass is 316 g/mol. The van der Waals surface area contributed by atoms with E-state index in [0.29, 0.717) is 12.3 Å². The van der Waals surface area contributed by atoms with Crippen molar-refractivity contribution in [2.75, 3.05) is 5.32 Å². The molecule has 0 atom stereocenters. The second kappa shape index (κ2) is 6.96. The molecule has 116 valence electrons. The SMILES string of the molecule is Cn1cnnc1Sc1ccc(NC(=O)CC2CCCC2)cc1. The fourth-order valence-corrected chi connectivity index (χ4v) is 3.53. The number of rotatable bonds is 5. The van der Waals surface area contributed by atoms with E-state index in [1.807, 2.05) is 35.9 Å². The van der Waals surface area contributed by atoms with Gasteiger partial charge < -0.3 is 9.88 Å². The molecule has 1 saturated carbocycles. The Morgan fingerprint density at radius 1 is 1.32 bits per heavy atom. The van der Waals surface area contributed by atoms with Crippen molar-refractivity contribution in [3.8, 4) is 0 Å². The standard InChI is InChI=1S/C16H20N4OS/c1-20-11-17-19-16(20)22-14-8-6-13(7-9-14)18-15(21)10-12-4-2-3-5-12/h6-9,11-12H,2-5,10H2,1H3,(H,18,21). The molecule has 0 saturated heterocycles. The number of aryl methyl sites for hydroxylation is 1. The molecule has 1 N–H and O–H groups in total. The maximum absolute atomic E-state index is 12.0. The van der Waals surface area contributed by atoms with Gasteiger partial charge in [0.15, 0.2) is 5.16 Å². The average Bonchev–Trinajstić information content (AvgIpc) is 3.14. The van der Waals surface area contributed by atoms with Crippen molar-refractivity contribution in [2.24, 2.45) is 13.0 Å². The molecule has 5 nitrogen and oxygen atoms in total. The third-order valence-corrected chi connectivity index (χ3v) is 5.03. The maximum atomic E-state index is 12.0. The Hall–Kier alpha value is -1.82. The highest BCUT2D eigenvalue weighted by molar-refractivity contribution is 7.99. The van der Waals surface area contributed by atoms with Crippen molar-refractivity contribution < 1.29 is 4.79 Å². The molecule has 1 amide bonds. The molecular formula is C16H20N4OS. The summed E-state index contributed by atoms with van der Waals surface area (Å²) < 4.78 is 1.88. The van der Waals surface area contributed by atoms with Gasteiger partial charge in [0.1, 0.15) is 6.33 Å². The first-order chi connectivity index (χ1) is 10.7. The van der Waals surface area contributed by atoms with Gasteiger partial charge in [-0.1, -0.05) is 12.8 Å². The van der Waals surface area contributed by atoms with Crippen LogP contribution in [0, 0.1) is 5.92 Å². The lowest BCUT2D eigenvalue weighted by Gasteiger charge is -2.10. The Bertz CT molecular complexity index is 632. The molecule has 0 unspecified atom stereocenters. The molecule has 1 heterocycles. The van der Waals surface area contributed by atoms with Crippen molar-refractivity contribution in [3.05, 3.63) is 30.6 Å². The molecule has 1 fully saturated rings. The van der Waals surface area contributed by atoms with Gasteiger partial charge in [0.2, 0.25) is 5.91 Å². The summed E-state index contributed by atoms with van der Waals surface area (Å²) in [6, 6.07) is 7.85. The minimum absolute atomic E-state index is 0.126. The molecule has 1 aliphatic rings. The van der Waals surface area contributed by atoms with E-state index in [4.69, 9.17) is 0 Å². The third-order valence-electron chi connectivity index (χ3n) is 3.97. The molecule has 1 aromatic heterocycles. The molecule has 3 rings (SSSR count). The van der Waals surface area contributed by atoms with Gasteiger partial charge in [-0.15, -0.1) is 10.2 Å². The minimum Gasteiger partial charge on any atom is -0.326 e. The lowest BCUT2D eigenvalue weighted by Crippen LogP contribution is -2.14. The van der Waals surface area contributed by atoms with Gasteiger partial charge >= 0.3 is 0 Å². The fraction of sp³-hybridized carbons (Fsp3) is 0.438. The Morgan fingerprint density at radius 2 is 2.05 bits per heavy atom. The lowest BCUT2D eigenvalue weighted by molar-refractivity contribution is -0.117. The number of nitrogens with one attached hydrogen (secondary N) is 1. The molecule has 22 heavy (non-hydrogen) atoms. The summed E-state index contributed by atoms with van der Waals surface area (Å²) in [6.07, 6.45) is 7.26. The van der Waals surface area contributed by atoms with Crippen LogP contribution in [0.15, 0.2) is 40.6 Å². The highest BCUT2D eigenvalue weighted by atomic mass is 32.2. The van der Waals surface area contributed by atoms with E-state index < -0.39 is 0 Å². The van der Waals surface area contributed by atoms with Crippen LogP contribution in [0.4, 0.5) is 5.69 Å². The largest absolute Gasteiger partial charge is 0.326 e. The Labute approximate surface area is 134 Å². The molecule has 1 aromatic carbocycles. The summed E-state index contributed by atoms with van der Waals surface area (Å²) in [5.74, 6) is 0.700. The van der Waals surface area contributed by atoms with Crippen LogP contribution in [0.5, 0.6) is 0 Å². The number of carbonyl (C=O) groups is 1. The second-order valence-corrected chi connectivity index (χ2v) is 6.79. The molecular weight excluding hydrogens is 296 g/mol. The van der Waals surface area contributed by atoms with Crippen molar-refractivity contribution in [3.63, 3.8) is 0 Å². The van der Waals surface area contributed by atoms with Crippen molar-refractivity contribution in [2.45, 2.75) is 42.2 Å². The van der Waals surface area contributed by atoms with E-state index in [0.717, 1.165) is 15.7 Å². The first kappa shape index (κ1) is 15.1. The molecule has 2 aromatic rings. The van der Waals surface area contributed by atoms with Crippen molar-refractivity contribution >= 4 is 23.4 Å². The third kappa shape index (κ3) is 3.88. The molecule has 0 aliphatic heterocycles. The predicted octanol–water partition coefficient (Wildman–Crippen LogP) is 3.49. The Morgan fingerprint density at radius 3 is 2.68 bits per heavy atom. The van der Waals surface area contributed by atoms with Gasteiger partial charge in [-0.2, -0.15) is 0 Å². The summed E-state index contributed by atoms with van der Waals surface area (Å²) in [4.78, 5) is 13.1. The number of hydrogen-bond acceptors (Lipinski definition) is 4.